The minimum atomic E-state index is -0.254. The molecule has 0 spiro atoms. The molecule has 0 bridgehead atoms. The molecule has 0 aliphatic carbocycles. The third-order valence-electron chi connectivity index (χ3n) is 3.79. The highest BCUT2D eigenvalue weighted by Gasteiger charge is 2.21. The van der Waals surface area contributed by atoms with Crippen molar-refractivity contribution in [1.29, 1.82) is 0 Å². The first-order valence-electron chi connectivity index (χ1n) is 8.20. The maximum Gasteiger partial charge on any atom is 0.237 e. The first-order chi connectivity index (χ1) is 11.0. The first kappa shape index (κ1) is 17.7. The van der Waals surface area contributed by atoms with Crippen molar-refractivity contribution in [1.82, 2.24) is 10.6 Å². The van der Waals surface area contributed by atoms with Crippen LogP contribution in [0.25, 0.3) is 0 Å². The number of hydrogen-bond acceptors (Lipinski definition) is 3. The van der Waals surface area contributed by atoms with Crippen LogP contribution >= 0.6 is 11.3 Å². The minimum absolute atomic E-state index is 0.0340. The summed E-state index contributed by atoms with van der Waals surface area (Å²) in [6.07, 6.45) is 1.03. The molecule has 124 valence electrons. The summed E-state index contributed by atoms with van der Waals surface area (Å²) >= 11 is 1.71. The lowest BCUT2D eigenvalue weighted by Gasteiger charge is -2.23. The molecule has 0 unspecified atom stereocenters. The lowest BCUT2D eigenvalue weighted by molar-refractivity contribution is -0.123. The fourth-order valence-electron chi connectivity index (χ4n) is 2.48. The Morgan fingerprint density at radius 2 is 1.83 bits per heavy atom. The first-order valence-corrected chi connectivity index (χ1v) is 9.08. The standard InChI is InChI=1S/C19H26N2OS/c1-5-15-8-10-16(11-9-15)18(17-7-6-12-23-17)21-14(4)19(22)20-13(2)3/h6-14,18,21H,5H2,1-4H3,(H,20,22)/t14-,18-/m1/s1. The highest BCUT2D eigenvalue weighted by atomic mass is 32.1. The van der Waals surface area contributed by atoms with Gasteiger partial charge in [-0.3, -0.25) is 10.1 Å². The number of aryl methyl sites for hydroxylation is 1. The number of nitrogens with one attached hydrogen (secondary N) is 2. The Morgan fingerprint density at radius 3 is 2.35 bits per heavy atom. The fourth-order valence-corrected chi connectivity index (χ4v) is 3.29. The van der Waals surface area contributed by atoms with E-state index < -0.39 is 0 Å². The van der Waals surface area contributed by atoms with Crippen molar-refractivity contribution in [2.45, 2.75) is 52.2 Å². The number of amides is 1. The van der Waals surface area contributed by atoms with Crippen molar-refractivity contribution >= 4 is 17.2 Å². The van der Waals surface area contributed by atoms with Crippen molar-refractivity contribution in [3.8, 4) is 0 Å². The molecule has 2 rings (SSSR count). The third kappa shape index (κ3) is 4.91. The second kappa shape index (κ2) is 8.27. The maximum atomic E-state index is 12.2. The molecular formula is C19H26N2OS. The van der Waals surface area contributed by atoms with E-state index in [-0.39, 0.29) is 24.0 Å². The second-order valence-electron chi connectivity index (χ2n) is 6.10. The van der Waals surface area contributed by atoms with Gasteiger partial charge in [0.25, 0.3) is 0 Å². The highest BCUT2D eigenvalue weighted by Crippen LogP contribution is 2.27. The van der Waals surface area contributed by atoms with Crippen LogP contribution in [0.2, 0.25) is 0 Å². The molecule has 2 aromatic rings. The molecule has 0 fully saturated rings. The van der Waals surface area contributed by atoms with E-state index in [1.165, 1.54) is 16.0 Å². The Morgan fingerprint density at radius 1 is 1.13 bits per heavy atom. The van der Waals surface area contributed by atoms with Crippen LogP contribution in [0.3, 0.4) is 0 Å². The number of benzene rings is 1. The summed E-state index contributed by atoms with van der Waals surface area (Å²) in [6, 6.07) is 12.7. The van der Waals surface area contributed by atoms with Gasteiger partial charge in [-0.15, -0.1) is 11.3 Å². The van der Waals surface area contributed by atoms with Gasteiger partial charge in [0.2, 0.25) is 5.91 Å². The molecule has 3 nitrogen and oxygen atoms in total. The van der Waals surface area contributed by atoms with Gasteiger partial charge < -0.3 is 5.32 Å². The van der Waals surface area contributed by atoms with Crippen molar-refractivity contribution in [2.24, 2.45) is 0 Å². The average Bonchev–Trinajstić information content (AvgIpc) is 3.06. The van der Waals surface area contributed by atoms with Crippen molar-refractivity contribution < 1.29 is 4.79 Å². The minimum Gasteiger partial charge on any atom is -0.353 e. The summed E-state index contributed by atoms with van der Waals surface area (Å²) in [5.41, 5.74) is 2.51. The van der Waals surface area contributed by atoms with E-state index in [0.29, 0.717) is 0 Å². The molecule has 1 amide bonds. The van der Waals surface area contributed by atoms with Gasteiger partial charge in [-0.05, 0) is 49.8 Å². The molecule has 1 heterocycles. The Labute approximate surface area is 143 Å². The number of thiophene rings is 1. The Hall–Kier alpha value is -1.65. The van der Waals surface area contributed by atoms with Gasteiger partial charge in [-0.25, -0.2) is 0 Å². The molecular weight excluding hydrogens is 304 g/mol. The molecule has 1 aromatic heterocycles. The average molecular weight is 330 g/mol. The highest BCUT2D eigenvalue weighted by molar-refractivity contribution is 7.10. The fraction of sp³-hybridized carbons (Fsp3) is 0.421. The van der Waals surface area contributed by atoms with Gasteiger partial charge in [-0.1, -0.05) is 37.3 Å². The SMILES string of the molecule is CCc1ccc([C@@H](N[C@H](C)C(=O)NC(C)C)c2cccs2)cc1. The van der Waals surface area contributed by atoms with Crippen molar-refractivity contribution in [3.05, 3.63) is 57.8 Å². The Bertz CT molecular complexity index is 605. The van der Waals surface area contributed by atoms with Gasteiger partial charge in [0.05, 0.1) is 12.1 Å². The number of carbonyl (C=O) groups excluding carboxylic acids is 1. The largest absolute Gasteiger partial charge is 0.353 e. The van der Waals surface area contributed by atoms with Gasteiger partial charge in [-0.2, -0.15) is 0 Å². The summed E-state index contributed by atoms with van der Waals surface area (Å²) in [5, 5.41) is 8.51. The predicted molar refractivity (Wildman–Crippen MR) is 97.9 cm³/mol. The van der Waals surface area contributed by atoms with Crippen LogP contribution in [0.15, 0.2) is 41.8 Å². The number of hydrogen-bond donors (Lipinski definition) is 2. The topological polar surface area (TPSA) is 41.1 Å². The second-order valence-corrected chi connectivity index (χ2v) is 7.07. The number of rotatable bonds is 7. The van der Waals surface area contributed by atoms with Gasteiger partial charge in [0.15, 0.2) is 0 Å². The lowest BCUT2D eigenvalue weighted by atomic mass is 10.0. The van der Waals surface area contributed by atoms with E-state index in [0.717, 1.165) is 6.42 Å². The monoisotopic (exact) mass is 330 g/mol. The maximum absolute atomic E-state index is 12.2. The van der Waals surface area contributed by atoms with E-state index >= 15 is 0 Å². The predicted octanol–water partition coefficient (Wildman–Crippen LogP) is 3.90. The summed E-state index contributed by atoms with van der Waals surface area (Å²) in [5.74, 6) is 0.0340. The molecule has 0 aliphatic rings. The lowest BCUT2D eigenvalue weighted by Crippen LogP contribution is -2.45. The summed E-state index contributed by atoms with van der Waals surface area (Å²) < 4.78 is 0. The zero-order valence-corrected chi connectivity index (χ0v) is 15.1. The van der Waals surface area contributed by atoms with Crippen LogP contribution in [-0.2, 0) is 11.2 Å². The van der Waals surface area contributed by atoms with E-state index in [1.807, 2.05) is 26.8 Å². The summed E-state index contributed by atoms with van der Waals surface area (Å²) in [6.45, 7) is 8.02. The molecule has 0 saturated carbocycles. The van der Waals surface area contributed by atoms with Gasteiger partial charge in [0, 0.05) is 10.9 Å². The number of carbonyl (C=O) groups is 1. The molecule has 0 aliphatic heterocycles. The molecule has 4 heteroatoms. The van der Waals surface area contributed by atoms with E-state index in [4.69, 9.17) is 0 Å². The molecule has 0 saturated heterocycles. The van der Waals surface area contributed by atoms with Crippen LogP contribution < -0.4 is 10.6 Å². The Balaban J connectivity index is 2.19. The van der Waals surface area contributed by atoms with Crippen molar-refractivity contribution in [2.75, 3.05) is 0 Å². The summed E-state index contributed by atoms with van der Waals surface area (Å²) in [7, 11) is 0. The summed E-state index contributed by atoms with van der Waals surface area (Å²) in [4.78, 5) is 13.4. The van der Waals surface area contributed by atoms with Gasteiger partial charge in [0.1, 0.15) is 0 Å². The van der Waals surface area contributed by atoms with Crippen LogP contribution in [0.4, 0.5) is 0 Å². The molecule has 2 atom stereocenters. The van der Waals surface area contributed by atoms with E-state index in [9.17, 15) is 4.79 Å². The molecule has 0 radical (unpaired) electrons. The zero-order valence-electron chi connectivity index (χ0n) is 14.3. The van der Waals surface area contributed by atoms with E-state index in [1.54, 1.807) is 11.3 Å². The van der Waals surface area contributed by atoms with Crippen molar-refractivity contribution in [3.63, 3.8) is 0 Å². The Kier molecular flexibility index (Phi) is 6.37. The van der Waals surface area contributed by atoms with Crippen LogP contribution in [0.5, 0.6) is 0 Å². The van der Waals surface area contributed by atoms with Crippen LogP contribution in [0.1, 0.15) is 49.7 Å². The zero-order chi connectivity index (χ0) is 16.8. The van der Waals surface area contributed by atoms with E-state index in [2.05, 4.69) is 53.3 Å². The quantitative estimate of drug-likeness (QED) is 0.808. The molecule has 23 heavy (non-hydrogen) atoms. The normalized spacial score (nSPS) is 13.8. The molecule has 1 aromatic carbocycles. The molecule has 2 N–H and O–H groups in total. The van der Waals surface area contributed by atoms with Crippen LogP contribution in [-0.4, -0.2) is 18.0 Å². The third-order valence-corrected chi connectivity index (χ3v) is 4.73. The van der Waals surface area contributed by atoms with Crippen LogP contribution in [0, 0.1) is 0 Å². The van der Waals surface area contributed by atoms with Gasteiger partial charge >= 0.3 is 0 Å². The smallest absolute Gasteiger partial charge is 0.237 e.